The van der Waals surface area contributed by atoms with Gasteiger partial charge in [0.25, 0.3) is 0 Å². The number of hydrogen-bond acceptors (Lipinski definition) is 7. The molecule has 156 valence electrons. The summed E-state index contributed by atoms with van der Waals surface area (Å²) < 4.78 is 11.7. The zero-order chi connectivity index (χ0) is 20.6. The molecule has 3 N–H and O–H groups in total. The van der Waals surface area contributed by atoms with Gasteiger partial charge in [0.2, 0.25) is 0 Å². The molecule has 1 aromatic heterocycles. The van der Waals surface area contributed by atoms with E-state index in [0.717, 1.165) is 23.6 Å². The number of carboxylic acids is 1. The number of rotatable bonds is 9. The molecular formula is C21H28N4O4. The van der Waals surface area contributed by atoms with Crippen LogP contribution in [0, 0.1) is 5.92 Å². The predicted molar refractivity (Wildman–Crippen MR) is 110 cm³/mol. The van der Waals surface area contributed by atoms with Crippen LogP contribution in [0.15, 0.2) is 42.6 Å². The van der Waals surface area contributed by atoms with Gasteiger partial charge in [-0.1, -0.05) is 36.4 Å². The Morgan fingerprint density at radius 2 is 2.21 bits per heavy atom. The van der Waals surface area contributed by atoms with Gasteiger partial charge in [-0.15, -0.1) is 5.10 Å². The highest BCUT2D eigenvalue weighted by molar-refractivity contribution is 5.91. The van der Waals surface area contributed by atoms with E-state index in [1.54, 1.807) is 11.2 Å². The minimum Gasteiger partial charge on any atom is -0.481 e. The Bertz CT molecular complexity index is 839. The number of aromatic nitrogens is 2. The van der Waals surface area contributed by atoms with E-state index >= 15 is 0 Å². The third kappa shape index (κ3) is 5.96. The molecule has 0 bridgehead atoms. The lowest BCUT2D eigenvalue weighted by Crippen LogP contribution is -2.48. The van der Waals surface area contributed by atoms with Crippen LogP contribution in [0.25, 0.3) is 10.8 Å². The first-order valence-electron chi connectivity index (χ1n) is 9.91. The summed E-state index contributed by atoms with van der Waals surface area (Å²) in [7, 11) is 0. The molecule has 8 nitrogen and oxygen atoms in total. The highest BCUT2D eigenvalue weighted by atomic mass is 16.7. The lowest BCUT2D eigenvalue weighted by molar-refractivity contribution is -0.224. The van der Waals surface area contributed by atoms with Gasteiger partial charge in [0.05, 0.1) is 25.5 Å². The number of carbonyl (C=O) groups is 1. The molecule has 8 heteroatoms. The monoisotopic (exact) mass is 400 g/mol. The Kier molecular flexibility index (Phi) is 7.51. The molecule has 1 fully saturated rings. The summed E-state index contributed by atoms with van der Waals surface area (Å²) in [6.45, 7) is 2.93. The molecule has 0 unspecified atom stereocenters. The maximum absolute atomic E-state index is 10.6. The van der Waals surface area contributed by atoms with Crippen LogP contribution >= 0.6 is 0 Å². The van der Waals surface area contributed by atoms with Crippen LogP contribution in [0.4, 0.5) is 5.82 Å². The van der Waals surface area contributed by atoms with Crippen molar-refractivity contribution < 1.29 is 19.4 Å². The molecule has 3 rings (SSSR count). The largest absolute Gasteiger partial charge is 0.481 e. The molecule has 1 aliphatic rings. The van der Waals surface area contributed by atoms with Crippen LogP contribution in [0.5, 0.6) is 0 Å². The highest BCUT2D eigenvalue weighted by Gasteiger charge is 2.31. The van der Waals surface area contributed by atoms with E-state index in [-0.39, 0.29) is 24.7 Å². The zero-order valence-electron chi connectivity index (χ0n) is 16.6. The Hall–Kier alpha value is -2.55. The number of carboxylic acid groups (broad SMARTS) is 1. The zero-order valence-corrected chi connectivity index (χ0v) is 16.6. The van der Waals surface area contributed by atoms with E-state index in [0.29, 0.717) is 25.4 Å². The summed E-state index contributed by atoms with van der Waals surface area (Å²) in [6, 6.07) is 7.86. The second-order valence-electron chi connectivity index (χ2n) is 7.24. The lowest BCUT2D eigenvalue weighted by Gasteiger charge is -2.37. The minimum absolute atomic E-state index is 0.117. The van der Waals surface area contributed by atoms with Gasteiger partial charge in [0, 0.05) is 23.1 Å². The standard InChI is InChI=1S/C21H28N4O4/c1-15-28-14-17(9-4-2-3-5-11-20(26)27)19(29-15)13-25(22)21-18-10-7-6-8-16(18)12-23-24-21/h2,4,6-8,10,12,15,17,19H,3,5,9,11,13-14,22H2,1H3,(H,26,27)/t15-,17+,19+/m1/s1. The summed E-state index contributed by atoms with van der Waals surface area (Å²) in [5.74, 6) is 6.36. The third-order valence-corrected chi connectivity index (χ3v) is 5.00. The molecule has 2 aromatic rings. The molecular weight excluding hydrogens is 372 g/mol. The van der Waals surface area contributed by atoms with Crippen molar-refractivity contribution in [3.8, 4) is 0 Å². The maximum atomic E-state index is 10.6. The van der Waals surface area contributed by atoms with Crippen LogP contribution in [-0.2, 0) is 14.3 Å². The van der Waals surface area contributed by atoms with Gasteiger partial charge in [-0.05, 0) is 26.2 Å². The number of hydrazine groups is 1. The summed E-state index contributed by atoms with van der Waals surface area (Å²) in [6.07, 6.45) is 7.76. The van der Waals surface area contributed by atoms with Crippen molar-refractivity contribution in [2.45, 2.75) is 45.0 Å². The number of hydrogen-bond donors (Lipinski definition) is 2. The SMILES string of the molecule is C[C@@H]1OC[C@H](CC=CCCCC(=O)O)[C@H](CN(N)c2nncc3ccccc23)O1. The number of fused-ring (bicyclic) bond motifs is 1. The number of nitrogens with zero attached hydrogens (tertiary/aromatic N) is 3. The highest BCUT2D eigenvalue weighted by Crippen LogP contribution is 2.26. The number of anilines is 1. The Labute approximate surface area is 170 Å². The average molecular weight is 400 g/mol. The van der Waals surface area contributed by atoms with Gasteiger partial charge >= 0.3 is 5.97 Å². The van der Waals surface area contributed by atoms with E-state index in [9.17, 15) is 4.79 Å². The van der Waals surface area contributed by atoms with E-state index in [4.69, 9.17) is 20.4 Å². The van der Waals surface area contributed by atoms with Crippen LogP contribution in [-0.4, -0.2) is 46.8 Å². The van der Waals surface area contributed by atoms with Crippen molar-refractivity contribution in [3.63, 3.8) is 0 Å². The predicted octanol–water partition coefficient (Wildman–Crippen LogP) is 2.89. The average Bonchev–Trinajstić information content (AvgIpc) is 2.71. The topological polar surface area (TPSA) is 111 Å². The molecule has 0 radical (unpaired) electrons. The molecule has 0 saturated carbocycles. The Balaban J connectivity index is 1.62. The van der Waals surface area contributed by atoms with Gasteiger partial charge in [0.15, 0.2) is 12.1 Å². The van der Waals surface area contributed by atoms with Crippen LogP contribution in [0.2, 0.25) is 0 Å². The first kappa shape index (κ1) is 21.2. The van der Waals surface area contributed by atoms with Gasteiger partial charge in [-0.2, -0.15) is 5.10 Å². The molecule has 0 amide bonds. The van der Waals surface area contributed by atoms with Crippen molar-refractivity contribution in [1.29, 1.82) is 0 Å². The van der Waals surface area contributed by atoms with E-state index in [1.165, 1.54) is 0 Å². The molecule has 2 heterocycles. The second-order valence-corrected chi connectivity index (χ2v) is 7.24. The fourth-order valence-electron chi connectivity index (χ4n) is 3.44. The smallest absolute Gasteiger partial charge is 0.303 e. The number of allylic oxidation sites excluding steroid dienone is 2. The van der Waals surface area contributed by atoms with Crippen LogP contribution < -0.4 is 10.9 Å². The molecule has 1 aliphatic heterocycles. The summed E-state index contributed by atoms with van der Waals surface area (Å²) in [5.41, 5.74) is 0. The number of nitrogens with two attached hydrogens (primary N) is 1. The first-order valence-corrected chi connectivity index (χ1v) is 9.91. The number of unbranched alkanes of at least 4 members (excludes halogenated alkanes) is 1. The van der Waals surface area contributed by atoms with Crippen molar-refractivity contribution in [1.82, 2.24) is 10.2 Å². The molecule has 0 spiro atoms. The quantitative estimate of drug-likeness (QED) is 0.286. The lowest BCUT2D eigenvalue weighted by atomic mass is 9.97. The summed E-state index contributed by atoms with van der Waals surface area (Å²) in [4.78, 5) is 10.6. The summed E-state index contributed by atoms with van der Waals surface area (Å²) in [5, 5.41) is 20.5. The van der Waals surface area contributed by atoms with Crippen LogP contribution in [0.3, 0.4) is 0 Å². The first-order chi connectivity index (χ1) is 14.0. The Morgan fingerprint density at radius 3 is 3.03 bits per heavy atom. The fourth-order valence-corrected chi connectivity index (χ4v) is 3.44. The van der Waals surface area contributed by atoms with Gasteiger partial charge in [-0.25, -0.2) is 5.84 Å². The third-order valence-electron chi connectivity index (χ3n) is 5.00. The van der Waals surface area contributed by atoms with E-state index in [2.05, 4.69) is 16.3 Å². The van der Waals surface area contributed by atoms with Crippen molar-refractivity contribution >= 4 is 22.6 Å². The van der Waals surface area contributed by atoms with Gasteiger partial charge in [0.1, 0.15) is 0 Å². The molecule has 3 atom stereocenters. The number of benzene rings is 1. The van der Waals surface area contributed by atoms with E-state index in [1.807, 2.05) is 37.3 Å². The van der Waals surface area contributed by atoms with Gasteiger partial charge in [-0.3, -0.25) is 9.80 Å². The fraction of sp³-hybridized carbons (Fsp3) is 0.476. The summed E-state index contributed by atoms with van der Waals surface area (Å²) >= 11 is 0. The maximum Gasteiger partial charge on any atom is 0.303 e. The normalized spacial score (nSPS) is 22.2. The number of ether oxygens (including phenoxy) is 2. The minimum atomic E-state index is -0.763. The Morgan fingerprint density at radius 1 is 1.38 bits per heavy atom. The molecule has 1 saturated heterocycles. The van der Waals surface area contributed by atoms with E-state index < -0.39 is 5.97 Å². The van der Waals surface area contributed by atoms with Crippen molar-refractivity contribution in [2.75, 3.05) is 18.2 Å². The van der Waals surface area contributed by atoms with Crippen LogP contribution in [0.1, 0.15) is 32.6 Å². The number of aliphatic carboxylic acids is 1. The molecule has 29 heavy (non-hydrogen) atoms. The molecule has 0 aliphatic carbocycles. The second kappa shape index (κ2) is 10.3. The molecule has 1 aromatic carbocycles. The van der Waals surface area contributed by atoms with Crippen molar-refractivity contribution in [2.24, 2.45) is 11.8 Å². The van der Waals surface area contributed by atoms with Gasteiger partial charge < -0.3 is 14.6 Å². The van der Waals surface area contributed by atoms with Crippen molar-refractivity contribution in [3.05, 3.63) is 42.6 Å².